The molecule has 1 saturated heterocycles. The molecular weight excluding hydrogens is 382 g/mol. The number of ether oxygens (including phenoxy) is 2. The number of methoxy groups -OCH3 is 1. The number of nitrogens with zero attached hydrogens (tertiary/aromatic N) is 3. The molecule has 0 unspecified atom stereocenters. The van der Waals surface area contributed by atoms with Gasteiger partial charge in [0.25, 0.3) is 0 Å². The topological polar surface area (TPSA) is 84.8 Å². The van der Waals surface area contributed by atoms with Crippen LogP contribution in [0.1, 0.15) is 36.9 Å². The average Bonchev–Trinajstić information content (AvgIpc) is 2.79. The van der Waals surface area contributed by atoms with Gasteiger partial charge in [-0.25, -0.2) is 4.98 Å². The fourth-order valence-electron chi connectivity index (χ4n) is 4.20. The van der Waals surface area contributed by atoms with Crippen molar-refractivity contribution in [2.24, 2.45) is 5.92 Å². The molecule has 2 aliphatic rings. The second-order valence-electron chi connectivity index (χ2n) is 8.00. The SMILES string of the molecule is COCCCc1cnc(-c2ccc3c(c2)CCCO3)c(N2CCC(C(=O)O)CC2)n1. The summed E-state index contributed by atoms with van der Waals surface area (Å²) in [5.41, 5.74) is 4.03. The fourth-order valence-corrected chi connectivity index (χ4v) is 4.20. The Labute approximate surface area is 177 Å². The number of carbonyl (C=O) groups is 1. The number of aliphatic carboxylic acids is 1. The van der Waals surface area contributed by atoms with Crippen molar-refractivity contribution in [1.82, 2.24) is 9.97 Å². The van der Waals surface area contributed by atoms with E-state index in [1.807, 2.05) is 18.3 Å². The molecule has 2 aromatic rings. The minimum Gasteiger partial charge on any atom is -0.493 e. The average molecular weight is 412 g/mol. The monoisotopic (exact) mass is 411 g/mol. The summed E-state index contributed by atoms with van der Waals surface area (Å²) in [5, 5.41) is 9.33. The van der Waals surface area contributed by atoms with E-state index in [0.29, 0.717) is 32.5 Å². The molecular formula is C23H29N3O4. The number of carboxylic acids is 1. The molecule has 7 heteroatoms. The highest BCUT2D eigenvalue weighted by Gasteiger charge is 2.27. The van der Waals surface area contributed by atoms with Gasteiger partial charge >= 0.3 is 5.97 Å². The van der Waals surface area contributed by atoms with Crippen molar-refractivity contribution in [3.63, 3.8) is 0 Å². The zero-order chi connectivity index (χ0) is 20.9. The number of piperidine rings is 1. The van der Waals surface area contributed by atoms with Gasteiger partial charge < -0.3 is 19.5 Å². The van der Waals surface area contributed by atoms with Gasteiger partial charge in [0.15, 0.2) is 5.82 Å². The maximum absolute atomic E-state index is 11.4. The second-order valence-corrected chi connectivity index (χ2v) is 8.00. The summed E-state index contributed by atoms with van der Waals surface area (Å²) in [7, 11) is 1.70. The summed E-state index contributed by atoms with van der Waals surface area (Å²) in [5.74, 6) is 0.829. The van der Waals surface area contributed by atoms with E-state index >= 15 is 0 Å². The fraction of sp³-hybridized carbons (Fsp3) is 0.522. The highest BCUT2D eigenvalue weighted by atomic mass is 16.5. The summed E-state index contributed by atoms with van der Waals surface area (Å²) in [4.78, 5) is 23.3. The second kappa shape index (κ2) is 9.43. The molecule has 7 nitrogen and oxygen atoms in total. The largest absolute Gasteiger partial charge is 0.493 e. The summed E-state index contributed by atoms with van der Waals surface area (Å²) in [6, 6.07) is 6.24. The first kappa shape index (κ1) is 20.6. The molecule has 1 fully saturated rings. The molecule has 2 aliphatic heterocycles. The van der Waals surface area contributed by atoms with Gasteiger partial charge in [0.2, 0.25) is 0 Å². The van der Waals surface area contributed by atoms with Crippen molar-refractivity contribution >= 4 is 11.8 Å². The van der Waals surface area contributed by atoms with E-state index < -0.39 is 5.97 Å². The third kappa shape index (κ3) is 4.56. The molecule has 4 rings (SSSR count). The maximum atomic E-state index is 11.4. The lowest BCUT2D eigenvalue weighted by atomic mass is 9.96. The van der Waals surface area contributed by atoms with E-state index in [1.165, 1.54) is 5.56 Å². The summed E-state index contributed by atoms with van der Waals surface area (Å²) >= 11 is 0. The third-order valence-corrected chi connectivity index (χ3v) is 5.91. The van der Waals surface area contributed by atoms with E-state index in [-0.39, 0.29) is 5.92 Å². The standard InChI is InChI=1S/C23H29N3O4/c1-29-12-3-5-19-15-24-21(18-6-7-20-17(14-18)4-2-13-30-20)22(25-19)26-10-8-16(9-11-26)23(27)28/h6-7,14-16H,2-5,8-13H2,1H3,(H,27,28). The van der Waals surface area contributed by atoms with Crippen LogP contribution >= 0.6 is 0 Å². The first-order valence-electron chi connectivity index (χ1n) is 10.7. The van der Waals surface area contributed by atoms with Crippen molar-refractivity contribution in [1.29, 1.82) is 0 Å². The van der Waals surface area contributed by atoms with Crippen molar-refractivity contribution in [3.8, 4) is 17.0 Å². The molecule has 30 heavy (non-hydrogen) atoms. The number of anilines is 1. The number of fused-ring (bicyclic) bond motifs is 1. The lowest BCUT2D eigenvalue weighted by Crippen LogP contribution is -2.37. The number of carboxylic acid groups (broad SMARTS) is 1. The minimum atomic E-state index is -0.705. The zero-order valence-corrected chi connectivity index (χ0v) is 17.5. The Hall–Kier alpha value is -2.67. The quantitative estimate of drug-likeness (QED) is 0.700. The first-order valence-corrected chi connectivity index (χ1v) is 10.7. The molecule has 0 atom stereocenters. The number of benzene rings is 1. The van der Waals surface area contributed by atoms with E-state index in [2.05, 4.69) is 11.0 Å². The Balaban J connectivity index is 1.64. The number of aromatic nitrogens is 2. The number of hydrogen-bond acceptors (Lipinski definition) is 6. The Morgan fingerprint density at radius 3 is 2.93 bits per heavy atom. The van der Waals surface area contributed by atoms with Gasteiger partial charge in [0.1, 0.15) is 11.4 Å². The molecule has 3 heterocycles. The van der Waals surface area contributed by atoms with Crippen LogP contribution in [0.2, 0.25) is 0 Å². The van der Waals surface area contributed by atoms with Crippen LogP contribution in [0.25, 0.3) is 11.3 Å². The maximum Gasteiger partial charge on any atom is 0.306 e. The van der Waals surface area contributed by atoms with Gasteiger partial charge in [-0.2, -0.15) is 0 Å². The Morgan fingerprint density at radius 1 is 1.33 bits per heavy atom. The summed E-state index contributed by atoms with van der Waals surface area (Å²) in [6.45, 7) is 2.81. The van der Waals surface area contributed by atoms with E-state index in [9.17, 15) is 9.90 Å². The van der Waals surface area contributed by atoms with Crippen molar-refractivity contribution in [2.75, 3.05) is 38.3 Å². The predicted octanol–water partition coefficient (Wildman–Crippen LogP) is 3.35. The molecule has 0 saturated carbocycles. The van der Waals surface area contributed by atoms with E-state index in [1.54, 1.807) is 7.11 Å². The Bertz CT molecular complexity index is 894. The number of rotatable bonds is 7. The van der Waals surface area contributed by atoms with Gasteiger partial charge in [-0.3, -0.25) is 9.78 Å². The van der Waals surface area contributed by atoms with Gasteiger partial charge in [0, 0.05) is 38.6 Å². The molecule has 0 bridgehead atoms. The number of aryl methyl sites for hydroxylation is 2. The van der Waals surface area contributed by atoms with E-state index in [0.717, 1.165) is 60.8 Å². The van der Waals surface area contributed by atoms with Crippen LogP contribution in [0.3, 0.4) is 0 Å². The molecule has 1 aromatic heterocycles. The van der Waals surface area contributed by atoms with Crippen LogP contribution in [0.5, 0.6) is 5.75 Å². The van der Waals surface area contributed by atoms with Gasteiger partial charge in [-0.05, 0) is 62.3 Å². The molecule has 0 radical (unpaired) electrons. The van der Waals surface area contributed by atoms with Crippen molar-refractivity contribution in [3.05, 3.63) is 35.7 Å². The van der Waals surface area contributed by atoms with Crippen LogP contribution in [0, 0.1) is 5.92 Å². The van der Waals surface area contributed by atoms with Crippen LogP contribution in [0.15, 0.2) is 24.4 Å². The highest BCUT2D eigenvalue weighted by Crippen LogP contribution is 2.34. The van der Waals surface area contributed by atoms with Crippen molar-refractivity contribution in [2.45, 2.75) is 38.5 Å². The minimum absolute atomic E-state index is 0.275. The zero-order valence-electron chi connectivity index (χ0n) is 17.5. The molecule has 0 aliphatic carbocycles. The molecule has 0 spiro atoms. The smallest absolute Gasteiger partial charge is 0.306 e. The van der Waals surface area contributed by atoms with Crippen LogP contribution in [0.4, 0.5) is 5.82 Å². The van der Waals surface area contributed by atoms with Crippen LogP contribution in [-0.2, 0) is 22.4 Å². The lowest BCUT2D eigenvalue weighted by Gasteiger charge is -2.32. The van der Waals surface area contributed by atoms with Gasteiger partial charge in [-0.15, -0.1) is 0 Å². The van der Waals surface area contributed by atoms with Gasteiger partial charge in [-0.1, -0.05) is 0 Å². The summed E-state index contributed by atoms with van der Waals surface area (Å²) in [6.07, 6.45) is 6.83. The Morgan fingerprint density at radius 2 is 2.17 bits per heavy atom. The number of hydrogen-bond donors (Lipinski definition) is 1. The molecule has 0 amide bonds. The van der Waals surface area contributed by atoms with Crippen molar-refractivity contribution < 1.29 is 19.4 Å². The van der Waals surface area contributed by atoms with Crippen LogP contribution in [-0.4, -0.2) is 54.5 Å². The van der Waals surface area contributed by atoms with Gasteiger partial charge in [0.05, 0.1) is 18.2 Å². The van der Waals surface area contributed by atoms with E-state index in [4.69, 9.17) is 19.4 Å². The predicted molar refractivity (Wildman–Crippen MR) is 114 cm³/mol. The lowest BCUT2D eigenvalue weighted by molar-refractivity contribution is -0.142. The molecule has 160 valence electrons. The molecule has 1 N–H and O–H groups in total. The summed E-state index contributed by atoms with van der Waals surface area (Å²) < 4.78 is 10.9. The first-order chi connectivity index (χ1) is 14.7. The Kier molecular flexibility index (Phi) is 6.47. The normalized spacial score (nSPS) is 16.8. The highest BCUT2D eigenvalue weighted by molar-refractivity contribution is 5.74. The van der Waals surface area contributed by atoms with Crippen LogP contribution < -0.4 is 9.64 Å². The molecule has 1 aromatic carbocycles. The third-order valence-electron chi connectivity index (χ3n) is 5.91.